The van der Waals surface area contributed by atoms with Crippen LogP contribution in [0.3, 0.4) is 0 Å². The van der Waals surface area contributed by atoms with Gasteiger partial charge in [0.2, 0.25) is 0 Å². The lowest BCUT2D eigenvalue weighted by atomic mass is 10.3. The van der Waals surface area contributed by atoms with Crippen LogP contribution in [0.2, 0.25) is 0 Å². The molecule has 0 N–H and O–H groups in total. The molecule has 9 heteroatoms. The van der Waals surface area contributed by atoms with E-state index < -0.39 is 0 Å². The molecule has 1 heterocycles. The van der Waals surface area contributed by atoms with Gasteiger partial charge in [0.15, 0.2) is 0 Å². The van der Waals surface area contributed by atoms with Crippen LogP contribution in [0.4, 0.5) is 0 Å². The first-order chi connectivity index (χ1) is 13.1. The number of hydrogen-bond donors (Lipinski definition) is 0. The highest BCUT2D eigenvalue weighted by atomic mass is 16.6. The minimum atomic E-state index is 0.133. The zero-order valence-electron chi connectivity index (χ0n) is 16.7. The second kappa shape index (κ2) is 15.6. The first-order valence-electron chi connectivity index (χ1n) is 9.38. The summed E-state index contributed by atoms with van der Waals surface area (Å²) in [5, 5.41) is 8.06. The second-order valence-corrected chi connectivity index (χ2v) is 6.24. The van der Waals surface area contributed by atoms with Crippen LogP contribution in [0.1, 0.15) is 38.9 Å². The van der Waals surface area contributed by atoms with Crippen molar-refractivity contribution < 1.29 is 28.5 Å². The van der Waals surface area contributed by atoms with E-state index in [9.17, 15) is 4.79 Å². The molecule has 0 aliphatic carbocycles. The standard InChI is InChI=1S/C18H33N3O6/c1-16(2)21-14-18(19-20-21)15-27-13-12-26-11-10-25-9-8-24-7-6-23-5-4-17(3)22/h14,16H,4-13,15H2,1-3H3. The molecule has 1 aromatic rings. The minimum absolute atomic E-state index is 0.133. The Balaban J connectivity index is 1.77. The highest BCUT2D eigenvalue weighted by molar-refractivity contribution is 5.75. The fourth-order valence-electron chi connectivity index (χ4n) is 1.90. The van der Waals surface area contributed by atoms with Crippen molar-refractivity contribution in [2.45, 2.75) is 39.8 Å². The Morgan fingerprint density at radius 1 is 0.889 bits per heavy atom. The van der Waals surface area contributed by atoms with Crippen LogP contribution in [0.25, 0.3) is 0 Å². The number of ketones is 1. The summed E-state index contributed by atoms with van der Waals surface area (Å²) in [6, 6.07) is 0.297. The predicted octanol–water partition coefficient (Wildman–Crippen LogP) is 1.42. The molecule has 9 nitrogen and oxygen atoms in total. The molecule has 0 amide bonds. The molecule has 0 saturated heterocycles. The molecule has 27 heavy (non-hydrogen) atoms. The highest BCUT2D eigenvalue weighted by Crippen LogP contribution is 2.03. The normalized spacial score (nSPS) is 11.4. The fourth-order valence-corrected chi connectivity index (χ4v) is 1.90. The molecule has 0 aromatic carbocycles. The summed E-state index contributed by atoms with van der Waals surface area (Å²) in [5.41, 5.74) is 0.816. The van der Waals surface area contributed by atoms with Crippen LogP contribution >= 0.6 is 0 Å². The summed E-state index contributed by atoms with van der Waals surface area (Å²) in [6.07, 6.45) is 2.34. The average molecular weight is 387 g/mol. The summed E-state index contributed by atoms with van der Waals surface area (Å²) >= 11 is 0. The number of hydrogen-bond acceptors (Lipinski definition) is 8. The van der Waals surface area contributed by atoms with Crippen molar-refractivity contribution in [2.24, 2.45) is 0 Å². The Morgan fingerprint density at radius 2 is 1.37 bits per heavy atom. The molecule has 0 spiro atoms. The number of Topliss-reactive ketones (excluding diaryl/α,β-unsaturated/α-hetero) is 1. The molecule has 0 unspecified atom stereocenters. The SMILES string of the molecule is CC(=O)CCOCCOCCOCCOCCOCc1cn(C(C)C)nn1. The molecular weight excluding hydrogens is 354 g/mol. The lowest BCUT2D eigenvalue weighted by Gasteiger charge is -2.07. The van der Waals surface area contributed by atoms with Gasteiger partial charge in [-0.2, -0.15) is 0 Å². The van der Waals surface area contributed by atoms with Gasteiger partial charge in [0.1, 0.15) is 11.5 Å². The van der Waals surface area contributed by atoms with Crippen molar-refractivity contribution in [3.05, 3.63) is 11.9 Å². The van der Waals surface area contributed by atoms with E-state index in [-0.39, 0.29) is 5.78 Å². The average Bonchev–Trinajstić information content (AvgIpc) is 3.10. The molecule has 0 saturated carbocycles. The summed E-state index contributed by atoms with van der Waals surface area (Å²) in [4.78, 5) is 10.7. The number of ether oxygens (including phenoxy) is 5. The predicted molar refractivity (Wildman–Crippen MR) is 98.6 cm³/mol. The van der Waals surface area contributed by atoms with Crippen molar-refractivity contribution in [2.75, 3.05) is 59.5 Å². The third-order valence-corrected chi connectivity index (χ3v) is 3.42. The minimum Gasteiger partial charge on any atom is -0.379 e. The summed E-state index contributed by atoms with van der Waals surface area (Å²) in [6.45, 7) is 10.6. The number of aromatic nitrogens is 3. The second-order valence-electron chi connectivity index (χ2n) is 6.24. The largest absolute Gasteiger partial charge is 0.379 e. The molecule has 0 aliphatic heterocycles. The molecule has 0 atom stereocenters. The molecule has 1 aromatic heterocycles. The van der Waals surface area contributed by atoms with E-state index in [0.29, 0.717) is 78.5 Å². The van der Waals surface area contributed by atoms with Gasteiger partial charge in [-0.3, -0.25) is 4.79 Å². The van der Waals surface area contributed by atoms with Gasteiger partial charge in [0.05, 0.1) is 72.3 Å². The third-order valence-electron chi connectivity index (χ3n) is 3.42. The van der Waals surface area contributed by atoms with Gasteiger partial charge < -0.3 is 23.7 Å². The Labute approximate surface area is 161 Å². The van der Waals surface area contributed by atoms with Crippen molar-refractivity contribution in [3.8, 4) is 0 Å². The van der Waals surface area contributed by atoms with E-state index >= 15 is 0 Å². The van der Waals surface area contributed by atoms with Gasteiger partial charge in [-0.1, -0.05) is 5.21 Å². The van der Waals surface area contributed by atoms with Crippen molar-refractivity contribution in [1.29, 1.82) is 0 Å². The quantitative estimate of drug-likeness (QED) is 0.349. The summed E-state index contributed by atoms with van der Waals surface area (Å²) in [7, 11) is 0. The number of nitrogens with zero attached hydrogens (tertiary/aromatic N) is 3. The Bertz CT molecular complexity index is 495. The highest BCUT2D eigenvalue weighted by Gasteiger charge is 2.03. The Kier molecular flexibility index (Phi) is 13.7. The third kappa shape index (κ3) is 13.4. The van der Waals surface area contributed by atoms with Crippen LogP contribution in [-0.4, -0.2) is 80.2 Å². The zero-order valence-corrected chi connectivity index (χ0v) is 16.7. The van der Waals surface area contributed by atoms with Crippen molar-refractivity contribution >= 4 is 5.78 Å². The van der Waals surface area contributed by atoms with Gasteiger partial charge >= 0.3 is 0 Å². The summed E-state index contributed by atoms with van der Waals surface area (Å²) < 4.78 is 28.7. The first kappa shape index (κ1) is 23.6. The molecule has 156 valence electrons. The lowest BCUT2D eigenvalue weighted by molar-refractivity contribution is -0.118. The van der Waals surface area contributed by atoms with Crippen LogP contribution in [0, 0.1) is 0 Å². The molecule has 1 rings (SSSR count). The van der Waals surface area contributed by atoms with Crippen molar-refractivity contribution in [3.63, 3.8) is 0 Å². The zero-order chi connectivity index (χ0) is 19.7. The summed E-state index contributed by atoms with van der Waals surface area (Å²) in [5.74, 6) is 0.133. The smallest absolute Gasteiger partial charge is 0.132 e. The number of carbonyl (C=O) groups is 1. The molecule has 0 fully saturated rings. The van der Waals surface area contributed by atoms with E-state index in [4.69, 9.17) is 23.7 Å². The van der Waals surface area contributed by atoms with Gasteiger partial charge in [0.25, 0.3) is 0 Å². The Morgan fingerprint density at radius 3 is 1.81 bits per heavy atom. The van der Waals surface area contributed by atoms with Gasteiger partial charge in [-0.25, -0.2) is 4.68 Å². The van der Waals surface area contributed by atoms with Gasteiger partial charge in [-0.05, 0) is 20.8 Å². The maximum absolute atomic E-state index is 10.7. The Hall–Kier alpha value is -1.39. The molecule has 0 aliphatic rings. The first-order valence-corrected chi connectivity index (χ1v) is 9.38. The molecule has 0 bridgehead atoms. The molecular formula is C18H33N3O6. The van der Waals surface area contributed by atoms with E-state index in [2.05, 4.69) is 24.2 Å². The van der Waals surface area contributed by atoms with Gasteiger partial charge in [-0.15, -0.1) is 5.10 Å². The monoisotopic (exact) mass is 387 g/mol. The van der Waals surface area contributed by atoms with E-state index in [0.717, 1.165) is 5.69 Å². The van der Waals surface area contributed by atoms with Gasteiger partial charge in [0, 0.05) is 12.5 Å². The van der Waals surface area contributed by atoms with E-state index in [1.54, 1.807) is 11.6 Å². The maximum Gasteiger partial charge on any atom is 0.132 e. The van der Waals surface area contributed by atoms with Crippen LogP contribution in [-0.2, 0) is 35.1 Å². The van der Waals surface area contributed by atoms with Crippen molar-refractivity contribution in [1.82, 2.24) is 15.0 Å². The lowest BCUT2D eigenvalue weighted by Crippen LogP contribution is -2.13. The van der Waals surface area contributed by atoms with E-state index in [1.165, 1.54) is 0 Å². The topological polar surface area (TPSA) is 93.9 Å². The number of carbonyl (C=O) groups excluding carboxylic acids is 1. The van der Waals surface area contributed by atoms with Crippen LogP contribution < -0.4 is 0 Å². The van der Waals surface area contributed by atoms with Crippen LogP contribution in [0.15, 0.2) is 6.20 Å². The molecule has 0 radical (unpaired) electrons. The van der Waals surface area contributed by atoms with E-state index in [1.807, 2.05) is 6.20 Å². The number of rotatable bonds is 18. The van der Waals surface area contributed by atoms with Crippen LogP contribution in [0.5, 0.6) is 0 Å². The maximum atomic E-state index is 10.7. The fraction of sp³-hybridized carbons (Fsp3) is 0.833.